The van der Waals surface area contributed by atoms with E-state index in [2.05, 4.69) is 34.3 Å². The molecule has 1 heterocycles. The first-order valence-corrected chi connectivity index (χ1v) is 14.3. The van der Waals surface area contributed by atoms with Crippen LogP contribution < -0.4 is 11.1 Å². The molecule has 1 unspecified atom stereocenters. The van der Waals surface area contributed by atoms with Gasteiger partial charge in [-0.3, -0.25) is 0 Å². The predicted octanol–water partition coefficient (Wildman–Crippen LogP) is 6.93. The second kappa shape index (κ2) is 11.3. The maximum Gasteiger partial charge on any atom is 0.0991 e. The Labute approximate surface area is 206 Å². The highest BCUT2D eigenvalue weighted by molar-refractivity contribution is 5.86. The van der Waals surface area contributed by atoms with E-state index in [1.165, 1.54) is 99.9 Å². The number of nitriles is 1. The Kier molecular flexibility index (Phi) is 7.92. The minimum absolute atomic E-state index is 0.410. The highest BCUT2D eigenvalue weighted by Gasteiger charge is 2.29. The van der Waals surface area contributed by atoms with E-state index in [-0.39, 0.29) is 0 Å². The lowest BCUT2D eigenvalue weighted by Crippen LogP contribution is -2.38. The van der Waals surface area contributed by atoms with Crippen molar-refractivity contribution in [3.8, 4) is 6.07 Å². The summed E-state index contributed by atoms with van der Waals surface area (Å²) in [4.78, 5) is 0. The van der Waals surface area contributed by atoms with Crippen molar-refractivity contribution in [2.75, 3.05) is 6.54 Å². The van der Waals surface area contributed by atoms with E-state index in [9.17, 15) is 5.26 Å². The smallest absolute Gasteiger partial charge is 0.0991 e. The Morgan fingerprint density at radius 3 is 2.35 bits per heavy atom. The summed E-state index contributed by atoms with van der Waals surface area (Å²) in [5.74, 6) is 1.35. The van der Waals surface area contributed by atoms with Gasteiger partial charge in [0.15, 0.2) is 0 Å². The van der Waals surface area contributed by atoms with Crippen LogP contribution in [-0.4, -0.2) is 23.2 Å². The second-order valence-corrected chi connectivity index (χ2v) is 11.5. The van der Waals surface area contributed by atoms with Gasteiger partial charge in [0.05, 0.1) is 11.6 Å². The van der Waals surface area contributed by atoms with Gasteiger partial charge in [0.2, 0.25) is 0 Å². The maximum absolute atomic E-state index is 9.66. The Morgan fingerprint density at radius 2 is 1.65 bits per heavy atom. The van der Waals surface area contributed by atoms with E-state index in [4.69, 9.17) is 5.73 Å². The highest BCUT2D eigenvalue weighted by Crippen LogP contribution is 2.43. The fourth-order valence-electron chi connectivity index (χ4n) is 7.26. The molecule has 0 amide bonds. The molecule has 0 saturated heterocycles. The lowest BCUT2D eigenvalue weighted by Gasteiger charge is -2.32. The van der Waals surface area contributed by atoms with Gasteiger partial charge in [-0.1, -0.05) is 38.5 Å². The summed E-state index contributed by atoms with van der Waals surface area (Å²) >= 11 is 0. The first-order valence-electron chi connectivity index (χ1n) is 14.3. The fraction of sp³-hybridized carbons (Fsp3) is 0.700. The maximum atomic E-state index is 9.66. The van der Waals surface area contributed by atoms with Crippen molar-refractivity contribution in [2.45, 2.75) is 120 Å². The molecule has 0 aliphatic heterocycles. The zero-order chi connectivity index (χ0) is 23.3. The van der Waals surface area contributed by atoms with Gasteiger partial charge < -0.3 is 15.6 Å². The predicted molar refractivity (Wildman–Crippen MR) is 141 cm³/mol. The summed E-state index contributed by atoms with van der Waals surface area (Å²) in [6.45, 7) is 1.09. The SMILES string of the molecule is N#Cc1ccc2c(c1)c(C(CCN[C@H]1CC[C@H](N)CC1)C1CCCCC1)cn2C1CCCCC1. The normalized spacial score (nSPS) is 25.9. The molecule has 4 heteroatoms. The van der Waals surface area contributed by atoms with Crippen LogP contribution in [0.5, 0.6) is 0 Å². The summed E-state index contributed by atoms with van der Waals surface area (Å²) < 4.78 is 2.61. The van der Waals surface area contributed by atoms with Crippen LogP contribution in [0.25, 0.3) is 10.9 Å². The number of rotatable bonds is 7. The van der Waals surface area contributed by atoms with Gasteiger partial charge in [-0.25, -0.2) is 0 Å². The van der Waals surface area contributed by atoms with Gasteiger partial charge in [0.1, 0.15) is 0 Å². The largest absolute Gasteiger partial charge is 0.344 e. The van der Waals surface area contributed by atoms with Gasteiger partial charge in [-0.15, -0.1) is 0 Å². The molecule has 1 atom stereocenters. The monoisotopic (exact) mass is 460 g/mol. The van der Waals surface area contributed by atoms with Crippen LogP contribution in [-0.2, 0) is 0 Å². The van der Waals surface area contributed by atoms with Crippen LogP contribution in [0.15, 0.2) is 24.4 Å². The molecule has 0 bridgehead atoms. The first kappa shape index (κ1) is 23.9. The van der Waals surface area contributed by atoms with Crippen LogP contribution in [0.4, 0.5) is 0 Å². The van der Waals surface area contributed by atoms with Crippen LogP contribution in [0, 0.1) is 17.2 Å². The molecule has 4 nitrogen and oxygen atoms in total. The Balaban J connectivity index is 1.43. The highest BCUT2D eigenvalue weighted by atomic mass is 15.0. The molecular weight excluding hydrogens is 416 g/mol. The van der Waals surface area contributed by atoms with E-state index in [1.807, 2.05) is 6.07 Å². The number of hydrogen-bond acceptors (Lipinski definition) is 3. The molecule has 3 N–H and O–H groups in total. The molecule has 0 radical (unpaired) electrons. The Morgan fingerprint density at radius 1 is 0.941 bits per heavy atom. The molecule has 3 aliphatic carbocycles. The van der Waals surface area contributed by atoms with Crippen LogP contribution in [0.1, 0.15) is 119 Å². The van der Waals surface area contributed by atoms with Crippen LogP contribution in [0.3, 0.4) is 0 Å². The van der Waals surface area contributed by atoms with Crippen molar-refractivity contribution < 1.29 is 0 Å². The van der Waals surface area contributed by atoms with Gasteiger partial charge >= 0.3 is 0 Å². The molecule has 1 aromatic heterocycles. The third-order valence-electron chi connectivity index (χ3n) is 9.24. The number of nitrogens with two attached hydrogens (primary N) is 1. The van der Waals surface area contributed by atoms with Gasteiger partial charge in [0.25, 0.3) is 0 Å². The average molecular weight is 461 g/mol. The molecule has 34 heavy (non-hydrogen) atoms. The summed E-state index contributed by atoms with van der Waals surface area (Å²) in [6.07, 6.45) is 22.0. The number of hydrogen-bond donors (Lipinski definition) is 2. The minimum Gasteiger partial charge on any atom is -0.344 e. The van der Waals surface area contributed by atoms with E-state index in [0.29, 0.717) is 24.0 Å². The van der Waals surface area contributed by atoms with Crippen LogP contribution in [0.2, 0.25) is 0 Å². The van der Waals surface area contributed by atoms with Crippen molar-refractivity contribution in [3.63, 3.8) is 0 Å². The second-order valence-electron chi connectivity index (χ2n) is 11.5. The first-order chi connectivity index (χ1) is 16.7. The topological polar surface area (TPSA) is 66.8 Å². The molecule has 3 saturated carbocycles. The third-order valence-corrected chi connectivity index (χ3v) is 9.24. The Bertz CT molecular complexity index is 966. The van der Waals surface area contributed by atoms with E-state index in [0.717, 1.165) is 30.9 Å². The number of nitrogens with zero attached hydrogens (tertiary/aromatic N) is 2. The van der Waals surface area contributed by atoms with Crippen molar-refractivity contribution in [1.82, 2.24) is 9.88 Å². The summed E-state index contributed by atoms with van der Waals surface area (Å²) in [5, 5.41) is 14.9. The third kappa shape index (κ3) is 5.37. The van der Waals surface area contributed by atoms with Gasteiger partial charge in [0, 0.05) is 35.2 Å². The van der Waals surface area contributed by atoms with Crippen LogP contribution >= 0.6 is 0 Å². The fourth-order valence-corrected chi connectivity index (χ4v) is 7.26. The summed E-state index contributed by atoms with van der Waals surface area (Å²) in [6, 6.07) is 10.5. The number of fused-ring (bicyclic) bond motifs is 1. The number of nitrogens with one attached hydrogen (secondary N) is 1. The molecule has 3 fully saturated rings. The van der Waals surface area contributed by atoms with Gasteiger partial charge in [-0.2, -0.15) is 5.26 Å². The average Bonchev–Trinajstić information content (AvgIpc) is 3.27. The van der Waals surface area contributed by atoms with E-state index >= 15 is 0 Å². The van der Waals surface area contributed by atoms with Crippen molar-refractivity contribution in [3.05, 3.63) is 35.5 Å². The quantitative estimate of drug-likeness (QED) is 0.471. The zero-order valence-corrected chi connectivity index (χ0v) is 21.0. The molecule has 5 rings (SSSR count). The molecule has 1 aromatic carbocycles. The Hall–Kier alpha value is -1.83. The van der Waals surface area contributed by atoms with Crippen molar-refractivity contribution in [2.24, 2.45) is 11.7 Å². The lowest BCUT2D eigenvalue weighted by atomic mass is 9.75. The van der Waals surface area contributed by atoms with E-state index in [1.54, 1.807) is 0 Å². The molecule has 184 valence electrons. The van der Waals surface area contributed by atoms with Gasteiger partial charge in [-0.05, 0) is 99.9 Å². The van der Waals surface area contributed by atoms with Crippen molar-refractivity contribution in [1.29, 1.82) is 5.26 Å². The standard InChI is InChI=1S/C30H44N4/c31-20-22-11-16-30-28(19-22)29(21-34(30)26-9-5-2-6-10-26)27(23-7-3-1-4-8-23)17-18-33-25-14-12-24(32)13-15-25/h11,16,19,21,23-27,33H,1-10,12-15,17-18,32H2/t24-,25-,27?. The summed E-state index contributed by atoms with van der Waals surface area (Å²) in [7, 11) is 0. The molecule has 2 aromatic rings. The molecular formula is C30H44N4. The molecule has 3 aliphatic rings. The van der Waals surface area contributed by atoms with Crippen molar-refractivity contribution >= 4 is 10.9 Å². The minimum atomic E-state index is 0.410. The number of aromatic nitrogens is 1. The lowest BCUT2D eigenvalue weighted by molar-refractivity contribution is 0.282. The van der Waals surface area contributed by atoms with E-state index < -0.39 is 0 Å². The zero-order valence-electron chi connectivity index (χ0n) is 21.0. The number of benzene rings is 1. The summed E-state index contributed by atoms with van der Waals surface area (Å²) in [5.41, 5.74) is 9.82. The molecule has 0 spiro atoms.